The maximum atomic E-state index is 11.1. The molecule has 0 fully saturated rings. The molecule has 0 bridgehead atoms. The van der Waals surface area contributed by atoms with Gasteiger partial charge in [-0.1, -0.05) is 0 Å². The predicted octanol–water partition coefficient (Wildman–Crippen LogP) is 0.908. The second kappa shape index (κ2) is 6.63. The van der Waals surface area contributed by atoms with E-state index in [1.165, 1.54) is 0 Å². The maximum absolute atomic E-state index is 11.1. The van der Waals surface area contributed by atoms with Crippen molar-refractivity contribution in [3.8, 4) is 0 Å². The minimum absolute atomic E-state index is 0.189. The van der Waals surface area contributed by atoms with Crippen molar-refractivity contribution in [2.75, 3.05) is 19.8 Å². The third kappa shape index (κ3) is 11.1. The van der Waals surface area contributed by atoms with Gasteiger partial charge in [0.05, 0.1) is 19.3 Å². The molecule has 0 radical (unpaired) electrons. The highest BCUT2D eigenvalue weighted by Crippen LogP contribution is 1.98. The van der Waals surface area contributed by atoms with Crippen LogP contribution in [0.2, 0.25) is 0 Å². The summed E-state index contributed by atoms with van der Waals surface area (Å²) >= 11 is 0. The lowest BCUT2D eigenvalue weighted by molar-refractivity contribution is 0.0231. The standard InChI is InChI=1S/C10H21NO4/c1-8(12)7-14-5-6-15-9(13)11-10(2,3)4/h8,12H,5-7H2,1-4H3,(H,11,13). The second-order valence-electron chi connectivity index (χ2n) is 4.43. The number of nitrogens with one attached hydrogen (secondary N) is 1. The SMILES string of the molecule is CC(O)COCCOC(=O)NC(C)(C)C. The van der Waals surface area contributed by atoms with Crippen LogP contribution in [0.3, 0.4) is 0 Å². The zero-order chi connectivity index (χ0) is 11.9. The summed E-state index contributed by atoms with van der Waals surface area (Å²) < 4.78 is 9.86. The summed E-state index contributed by atoms with van der Waals surface area (Å²) in [6.45, 7) is 7.99. The van der Waals surface area contributed by atoms with Gasteiger partial charge in [-0.25, -0.2) is 4.79 Å². The van der Waals surface area contributed by atoms with Crippen LogP contribution in [-0.4, -0.2) is 42.7 Å². The van der Waals surface area contributed by atoms with Crippen molar-refractivity contribution in [2.24, 2.45) is 0 Å². The number of hydrogen-bond donors (Lipinski definition) is 2. The summed E-state index contributed by atoms with van der Waals surface area (Å²) in [7, 11) is 0. The Bertz CT molecular complexity index is 186. The molecule has 2 N–H and O–H groups in total. The number of hydrogen-bond acceptors (Lipinski definition) is 4. The summed E-state index contributed by atoms with van der Waals surface area (Å²) in [6, 6.07) is 0. The Morgan fingerprint density at radius 2 is 2.00 bits per heavy atom. The van der Waals surface area contributed by atoms with Crippen LogP contribution in [0.5, 0.6) is 0 Å². The molecule has 0 aliphatic rings. The Labute approximate surface area is 90.8 Å². The molecule has 0 saturated heterocycles. The molecule has 0 aliphatic heterocycles. The van der Waals surface area contributed by atoms with Crippen LogP contribution in [0.15, 0.2) is 0 Å². The highest BCUT2D eigenvalue weighted by atomic mass is 16.6. The Morgan fingerprint density at radius 3 is 2.47 bits per heavy atom. The lowest BCUT2D eigenvalue weighted by Crippen LogP contribution is -2.41. The number of alkyl carbamates (subject to hydrolysis) is 1. The molecule has 1 atom stereocenters. The fraction of sp³-hybridized carbons (Fsp3) is 0.900. The van der Waals surface area contributed by atoms with Crippen LogP contribution in [0.4, 0.5) is 4.79 Å². The van der Waals surface area contributed by atoms with Crippen molar-refractivity contribution >= 4 is 6.09 Å². The van der Waals surface area contributed by atoms with Gasteiger partial charge in [0.1, 0.15) is 6.61 Å². The molecule has 1 unspecified atom stereocenters. The quantitative estimate of drug-likeness (QED) is 0.674. The van der Waals surface area contributed by atoms with Crippen molar-refractivity contribution in [2.45, 2.75) is 39.3 Å². The van der Waals surface area contributed by atoms with Crippen LogP contribution in [-0.2, 0) is 9.47 Å². The third-order valence-electron chi connectivity index (χ3n) is 1.30. The van der Waals surface area contributed by atoms with Gasteiger partial charge >= 0.3 is 6.09 Å². The monoisotopic (exact) mass is 219 g/mol. The normalized spacial score (nSPS) is 13.4. The summed E-state index contributed by atoms with van der Waals surface area (Å²) in [6.07, 6.45) is -0.948. The van der Waals surface area contributed by atoms with Gasteiger partial charge in [0.15, 0.2) is 0 Å². The summed E-state index contributed by atoms with van der Waals surface area (Å²) in [5.41, 5.74) is -0.294. The Balaban J connectivity index is 3.40. The van der Waals surface area contributed by atoms with Crippen LogP contribution >= 0.6 is 0 Å². The number of carbonyl (C=O) groups excluding carboxylic acids is 1. The molecular formula is C10H21NO4. The Morgan fingerprint density at radius 1 is 1.40 bits per heavy atom. The van der Waals surface area contributed by atoms with Crippen LogP contribution in [0, 0.1) is 0 Å². The lowest BCUT2D eigenvalue weighted by Gasteiger charge is -2.19. The third-order valence-corrected chi connectivity index (χ3v) is 1.30. The largest absolute Gasteiger partial charge is 0.447 e. The van der Waals surface area contributed by atoms with E-state index in [0.717, 1.165) is 0 Å². The van der Waals surface area contributed by atoms with E-state index in [9.17, 15) is 4.79 Å². The van der Waals surface area contributed by atoms with Crippen molar-refractivity contribution < 1.29 is 19.4 Å². The van der Waals surface area contributed by atoms with Crippen LogP contribution in [0.1, 0.15) is 27.7 Å². The van der Waals surface area contributed by atoms with Gasteiger partial charge in [-0.3, -0.25) is 0 Å². The first kappa shape index (κ1) is 14.2. The number of aliphatic hydroxyl groups is 1. The molecule has 0 saturated carbocycles. The van der Waals surface area contributed by atoms with E-state index in [2.05, 4.69) is 5.32 Å². The average Bonchev–Trinajstić information content (AvgIpc) is 1.99. The molecule has 0 aliphatic carbocycles. The second-order valence-corrected chi connectivity index (χ2v) is 4.43. The van der Waals surface area contributed by atoms with Crippen LogP contribution < -0.4 is 5.32 Å². The molecule has 0 rings (SSSR count). The minimum atomic E-state index is -0.492. The number of ether oxygens (including phenoxy) is 2. The van der Waals surface area contributed by atoms with E-state index in [4.69, 9.17) is 14.6 Å². The zero-order valence-electron chi connectivity index (χ0n) is 9.87. The van der Waals surface area contributed by atoms with Gasteiger partial charge in [0.2, 0.25) is 0 Å². The summed E-state index contributed by atoms with van der Waals surface area (Å²) in [5, 5.41) is 11.5. The first-order valence-electron chi connectivity index (χ1n) is 5.02. The van der Waals surface area contributed by atoms with Gasteiger partial charge in [0.25, 0.3) is 0 Å². The van der Waals surface area contributed by atoms with Crippen molar-refractivity contribution in [1.82, 2.24) is 5.32 Å². The van der Waals surface area contributed by atoms with E-state index in [1.807, 2.05) is 20.8 Å². The first-order chi connectivity index (χ1) is 6.81. The van der Waals surface area contributed by atoms with Crippen molar-refractivity contribution in [1.29, 1.82) is 0 Å². The van der Waals surface area contributed by atoms with Gasteiger partial charge in [0, 0.05) is 5.54 Å². The molecule has 15 heavy (non-hydrogen) atoms. The molecule has 90 valence electrons. The fourth-order valence-corrected chi connectivity index (χ4v) is 0.789. The van der Waals surface area contributed by atoms with E-state index < -0.39 is 12.2 Å². The molecule has 0 spiro atoms. The Kier molecular flexibility index (Phi) is 6.27. The van der Waals surface area contributed by atoms with Gasteiger partial charge in [-0.15, -0.1) is 0 Å². The molecular weight excluding hydrogens is 198 g/mol. The fourth-order valence-electron chi connectivity index (χ4n) is 0.789. The molecule has 1 amide bonds. The molecule has 0 heterocycles. The van der Waals surface area contributed by atoms with Gasteiger partial charge < -0.3 is 19.9 Å². The maximum Gasteiger partial charge on any atom is 0.407 e. The number of rotatable bonds is 5. The highest BCUT2D eigenvalue weighted by molar-refractivity contribution is 5.67. The topological polar surface area (TPSA) is 67.8 Å². The zero-order valence-corrected chi connectivity index (χ0v) is 9.87. The van der Waals surface area contributed by atoms with E-state index >= 15 is 0 Å². The molecule has 5 heteroatoms. The van der Waals surface area contributed by atoms with Crippen molar-refractivity contribution in [3.63, 3.8) is 0 Å². The summed E-state index contributed by atoms with van der Waals surface area (Å²) in [5.74, 6) is 0. The van der Waals surface area contributed by atoms with Gasteiger partial charge in [-0.2, -0.15) is 0 Å². The smallest absolute Gasteiger partial charge is 0.407 e. The molecule has 5 nitrogen and oxygen atoms in total. The molecule has 0 aromatic rings. The first-order valence-corrected chi connectivity index (χ1v) is 5.02. The van der Waals surface area contributed by atoms with Gasteiger partial charge in [-0.05, 0) is 27.7 Å². The van der Waals surface area contributed by atoms with Crippen molar-refractivity contribution in [3.05, 3.63) is 0 Å². The minimum Gasteiger partial charge on any atom is -0.447 e. The number of amides is 1. The van der Waals surface area contributed by atoms with Crippen LogP contribution in [0.25, 0.3) is 0 Å². The lowest BCUT2D eigenvalue weighted by atomic mass is 10.1. The number of carbonyl (C=O) groups is 1. The van der Waals surface area contributed by atoms with E-state index in [-0.39, 0.29) is 18.8 Å². The summed E-state index contributed by atoms with van der Waals surface area (Å²) in [4.78, 5) is 11.1. The number of aliphatic hydroxyl groups excluding tert-OH is 1. The molecule has 0 aromatic carbocycles. The predicted molar refractivity (Wildman–Crippen MR) is 56.7 cm³/mol. The van der Waals surface area contributed by atoms with E-state index in [1.54, 1.807) is 6.92 Å². The van der Waals surface area contributed by atoms with E-state index in [0.29, 0.717) is 6.61 Å². The Hall–Kier alpha value is -0.810. The molecule has 0 aromatic heterocycles. The highest BCUT2D eigenvalue weighted by Gasteiger charge is 2.14. The average molecular weight is 219 g/mol.